The number of hydrogen-bond acceptors (Lipinski definition) is 3. The van der Waals surface area contributed by atoms with Gasteiger partial charge in [0.05, 0.1) is 6.20 Å². The van der Waals surface area contributed by atoms with Gasteiger partial charge in [-0.2, -0.15) is 5.10 Å². The highest BCUT2D eigenvalue weighted by atomic mass is 16.2. The second-order valence-corrected chi connectivity index (χ2v) is 6.29. The number of hydrogen-bond donors (Lipinski definition) is 2. The standard InChI is InChI=1S/C18H16N6O/c1-23-9-13(7-22-23)11-4-14-15(8-21-17(14)20-6-11)12-5-16-18(25)19-2-3-24(16)10-12/h4-10H,2-3H2,1H3,(H,19,25)(H,20,21). The number of rotatable bonds is 2. The molecular formula is C18H16N6O. The average Bonchev–Trinajstić information content (AvgIpc) is 3.31. The van der Waals surface area contributed by atoms with Crippen LogP contribution in [0.1, 0.15) is 10.5 Å². The Hall–Kier alpha value is -3.35. The predicted molar refractivity (Wildman–Crippen MR) is 94.1 cm³/mol. The molecule has 0 aliphatic carbocycles. The molecule has 0 saturated heterocycles. The lowest BCUT2D eigenvalue weighted by Crippen LogP contribution is -2.34. The van der Waals surface area contributed by atoms with Crippen molar-refractivity contribution < 1.29 is 4.79 Å². The molecule has 0 bridgehead atoms. The highest BCUT2D eigenvalue weighted by Crippen LogP contribution is 2.32. The summed E-state index contributed by atoms with van der Waals surface area (Å²) in [4.78, 5) is 19.8. The van der Waals surface area contributed by atoms with Gasteiger partial charge < -0.3 is 14.9 Å². The van der Waals surface area contributed by atoms with Crippen molar-refractivity contribution >= 4 is 16.9 Å². The van der Waals surface area contributed by atoms with Crippen molar-refractivity contribution in [2.45, 2.75) is 6.54 Å². The zero-order valence-corrected chi connectivity index (χ0v) is 13.7. The van der Waals surface area contributed by atoms with Crippen LogP contribution >= 0.6 is 0 Å². The molecule has 5 rings (SSSR count). The molecule has 7 heteroatoms. The molecule has 0 saturated carbocycles. The number of carbonyl (C=O) groups excluding carboxylic acids is 1. The molecule has 1 aliphatic rings. The fraction of sp³-hybridized carbons (Fsp3) is 0.167. The van der Waals surface area contributed by atoms with E-state index < -0.39 is 0 Å². The van der Waals surface area contributed by atoms with Crippen LogP contribution < -0.4 is 5.32 Å². The van der Waals surface area contributed by atoms with Gasteiger partial charge in [0, 0.05) is 72.6 Å². The van der Waals surface area contributed by atoms with Gasteiger partial charge in [-0.05, 0) is 12.1 Å². The second kappa shape index (κ2) is 5.07. The van der Waals surface area contributed by atoms with Gasteiger partial charge in [-0.15, -0.1) is 0 Å². The first-order valence-electron chi connectivity index (χ1n) is 8.14. The van der Waals surface area contributed by atoms with Crippen molar-refractivity contribution in [2.75, 3.05) is 6.54 Å². The van der Waals surface area contributed by atoms with Gasteiger partial charge in [0.1, 0.15) is 11.3 Å². The lowest BCUT2D eigenvalue weighted by atomic mass is 10.1. The van der Waals surface area contributed by atoms with E-state index in [9.17, 15) is 4.79 Å². The number of aromatic nitrogens is 5. The number of aryl methyl sites for hydroxylation is 1. The van der Waals surface area contributed by atoms with Crippen LogP contribution in [0.4, 0.5) is 0 Å². The highest BCUT2D eigenvalue weighted by Gasteiger charge is 2.19. The number of fused-ring (bicyclic) bond motifs is 2. The maximum Gasteiger partial charge on any atom is 0.267 e. The van der Waals surface area contributed by atoms with Crippen molar-refractivity contribution in [1.82, 2.24) is 29.6 Å². The summed E-state index contributed by atoms with van der Waals surface area (Å²) in [6.45, 7) is 1.46. The lowest BCUT2D eigenvalue weighted by Gasteiger charge is -2.14. The van der Waals surface area contributed by atoms with Gasteiger partial charge in [-0.1, -0.05) is 0 Å². The van der Waals surface area contributed by atoms with Gasteiger partial charge in [-0.3, -0.25) is 9.48 Å². The fourth-order valence-electron chi connectivity index (χ4n) is 3.38. The van der Waals surface area contributed by atoms with E-state index in [0.717, 1.165) is 39.8 Å². The van der Waals surface area contributed by atoms with E-state index in [1.165, 1.54) is 0 Å². The van der Waals surface area contributed by atoms with Crippen LogP contribution in [-0.4, -0.2) is 36.8 Å². The molecule has 1 amide bonds. The van der Waals surface area contributed by atoms with Crippen LogP contribution in [0.15, 0.2) is 43.1 Å². The third-order valence-electron chi connectivity index (χ3n) is 4.65. The van der Waals surface area contributed by atoms with Crippen molar-refractivity contribution in [3.05, 3.63) is 48.8 Å². The molecule has 124 valence electrons. The van der Waals surface area contributed by atoms with Crippen molar-refractivity contribution in [2.24, 2.45) is 7.05 Å². The Morgan fingerprint density at radius 2 is 2.04 bits per heavy atom. The van der Waals surface area contributed by atoms with E-state index in [0.29, 0.717) is 12.2 Å². The number of nitrogens with zero attached hydrogens (tertiary/aromatic N) is 4. The maximum absolute atomic E-state index is 12.0. The summed E-state index contributed by atoms with van der Waals surface area (Å²) in [5.41, 5.74) is 5.64. The van der Waals surface area contributed by atoms with Crippen LogP contribution in [0.2, 0.25) is 0 Å². The summed E-state index contributed by atoms with van der Waals surface area (Å²) < 4.78 is 3.78. The summed E-state index contributed by atoms with van der Waals surface area (Å²) in [7, 11) is 1.90. The topological polar surface area (TPSA) is 80.5 Å². The Bertz CT molecular complexity index is 1120. The van der Waals surface area contributed by atoms with Crippen molar-refractivity contribution in [3.63, 3.8) is 0 Å². The largest absolute Gasteiger partial charge is 0.349 e. The van der Waals surface area contributed by atoms with Crippen LogP contribution in [0, 0.1) is 0 Å². The van der Waals surface area contributed by atoms with E-state index in [1.807, 2.05) is 48.7 Å². The van der Waals surface area contributed by atoms with Crippen LogP contribution in [0.3, 0.4) is 0 Å². The van der Waals surface area contributed by atoms with E-state index >= 15 is 0 Å². The summed E-state index contributed by atoms with van der Waals surface area (Å²) in [6, 6.07) is 4.05. The number of aromatic amines is 1. The normalized spacial score (nSPS) is 13.9. The Morgan fingerprint density at radius 3 is 2.84 bits per heavy atom. The monoisotopic (exact) mass is 332 g/mol. The Morgan fingerprint density at radius 1 is 1.12 bits per heavy atom. The third-order valence-corrected chi connectivity index (χ3v) is 4.65. The van der Waals surface area contributed by atoms with Crippen molar-refractivity contribution in [1.29, 1.82) is 0 Å². The number of nitrogens with one attached hydrogen (secondary N) is 2. The number of pyridine rings is 1. The molecule has 4 aromatic rings. The summed E-state index contributed by atoms with van der Waals surface area (Å²) in [5, 5.41) is 8.14. The molecule has 0 spiro atoms. The van der Waals surface area contributed by atoms with Gasteiger partial charge >= 0.3 is 0 Å². The Labute approximate surface area is 143 Å². The molecule has 0 radical (unpaired) electrons. The molecule has 5 heterocycles. The summed E-state index contributed by atoms with van der Waals surface area (Å²) in [5.74, 6) is -0.0217. The van der Waals surface area contributed by atoms with E-state index in [4.69, 9.17) is 0 Å². The second-order valence-electron chi connectivity index (χ2n) is 6.29. The van der Waals surface area contributed by atoms with Crippen LogP contribution in [-0.2, 0) is 13.6 Å². The molecule has 0 fully saturated rings. The molecule has 4 aromatic heterocycles. The number of carbonyl (C=O) groups is 1. The molecule has 0 aromatic carbocycles. The van der Waals surface area contributed by atoms with E-state index in [1.54, 1.807) is 4.68 Å². The van der Waals surface area contributed by atoms with E-state index in [-0.39, 0.29) is 5.91 Å². The highest BCUT2D eigenvalue weighted by molar-refractivity contribution is 5.99. The van der Waals surface area contributed by atoms with E-state index in [2.05, 4.69) is 26.4 Å². The fourth-order valence-corrected chi connectivity index (χ4v) is 3.38. The Kier molecular flexibility index (Phi) is 2.85. The molecule has 0 atom stereocenters. The lowest BCUT2D eigenvalue weighted by molar-refractivity contribution is 0.0928. The molecular weight excluding hydrogens is 316 g/mol. The summed E-state index contributed by atoms with van der Waals surface area (Å²) >= 11 is 0. The van der Waals surface area contributed by atoms with Gasteiger partial charge in [0.15, 0.2) is 0 Å². The zero-order valence-electron chi connectivity index (χ0n) is 13.7. The first-order chi connectivity index (χ1) is 12.2. The molecule has 2 N–H and O–H groups in total. The maximum atomic E-state index is 12.0. The molecule has 25 heavy (non-hydrogen) atoms. The Balaban J connectivity index is 1.65. The average molecular weight is 332 g/mol. The van der Waals surface area contributed by atoms with Gasteiger partial charge in [-0.25, -0.2) is 4.98 Å². The quantitative estimate of drug-likeness (QED) is 0.590. The molecule has 1 aliphatic heterocycles. The van der Waals surface area contributed by atoms with Gasteiger partial charge in [0.25, 0.3) is 5.91 Å². The van der Waals surface area contributed by atoms with Crippen LogP contribution in [0.5, 0.6) is 0 Å². The first kappa shape index (κ1) is 14.0. The molecule has 7 nitrogen and oxygen atoms in total. The zero-order chi connectivity index (χ0) is 17.0. The van der Waals surface area contributed by atoms with Gasteiger partial charge in [0.2, 0.25) is 0 Å². The SMILES string of the molecule is Cn1cc(-c2cnc3[nH]cc(-c4cc5n(c4)CCNC5=O)c3c2)cn1. The summed E-state index contributed by atoms with van der Waals surface area (Å²) in [6.07, 6.45) is 9.63. The predicted octanol–water partition coefficient (Wildman–Crippen LogP) is 2.18. The first-order valence-corrected chi connectivity index (χ1v) is 8.14. The number of amides is 1. The minimum atomic E-state index is -0.0217. The smallest absolute Gasteiger partial charge is 0.267 e. The van der Waals surface area contributed by atoms with Crippen molar-refractivity contribution in [3.8, 4) is 22.3 Å². The third kappa shape index (κ3) is 2.16. The minimum Gasteiger partial charge on any atom is -0.349 e. The number of H-pyrrole nitrogens is 1. The molecule has 0 unspecified atom stereocenters. The van der Waals surface area contributed by atoms with Crippen LogP contribution in [0.25, 0.3) is 33.3 Å². The minimum absolute atomic E-state index is 0.0217.